The lowest BCUT2D eigenvalue weighted by molar-refractivity contribution is 0.0540. The number of hydrogen-bond donors (Lipinski definition) is 2. The Morgan fingerprint density at radius 3 is 2.32 bits per heavy atom. The van der Waals surface area contributed by atoms with Crippen molar-refractivity contribution >= 4 is 6.09 Å². The van der Waals surface area contributed by atoms with Crippen LogP contribution in [0.25, 0.3) is 0 Å². The number of carbonyl (C=O) groups excluding carboxylic acids is 1. The van der Waals surface area contributed by atoms with Crippen molar-refractivity contribution in [3.8, 4) is 0 Å². The van der Waals surface area contributed by atoms with Crippen molar-refractivity contribution in [2.45, 2.75) is 116 Å². The number of hydrogen-bond acceptors (Lipinski definition) is 3. The minimum absolute atomic E-state index is 0.0419. The van der Waals surface area contributed by atoms with Crippen molar-refractivity contribution in [3.05, 3.63) is 0 Å². The number of rotatable bonds is 10. The summed E-state index contributed by atoms with van der Waals surface area (Å²) >= 11 is 0. The van der Waals surface area contributed by atoms with Crippen molar-refractivity contribution in [1.29, 1.82) is 0 Å². The van der Waals surface area contributed by atoms with E-state index in [4.69, 9.17) is 4.74 Å². The van der Waals surface area contributed by atoms with Gasteiger partial charge in [0.1, 0.15) is 0 Å². The summed E-state index contributed by atoms with van der Waals surface area (Å²) in [6, 6.07) is 0.160. The molecule has 1 saturated heterocycles. The second-order valence-electron chi connectivity index (χ2n) is 8.46. The molecule has 1 fully saturated rings. The number of ether oxygens (including phenoxy) is 1. The van der Waals surface area contributed by atoms with E-state index in [1.807, 2.05) is 0 Å². The molecule has 4 unspecified atom stereocenters. The molecule has 2 N–H and O–H groups in total. The van der Waals surface area contributed by atoms with Crippen LogP contribution in [0.2, 0.25) is 0 Å². The number of piperidine rings is 1. The van der Waals surface area contributed by atoms with Crippen LogP contribution in [0, 0.1) is 5.92 Å². The smallest absolute Gasteiger partial charge is 0.407 e. The Labute approximate surface area is 155 Å². The van der Waals surface area contributed by atoms with E-state index in [1.165, 1.54) is 25.7 Å². The Bertz CT molecular complexity index is 401. The van der Waals surface area contributed by atoms with Gasteiger partial charge in [-0.25, -0.2) is 4.79 Å². The van der Waals surface area contributed by atoms with E-state index in [1.54, 1.807) is 0 Å². The van der Waals surface area contributed by atoms with Gasteiger partial charge in [-0.3, -0.25) is 0 Å². The average molecular weight is 355 g/mol. The summed E-state index contributed by atoms with van der Waals surface area (Å²) in [4.78, 5) is 12.2. The summed E-state index contributed by atoms with van der Waals surface area (Å²) in [6.45, 7) is 14.0. The Balaban J connectivity index is 2.43. The first-order valence-corrected chi connectivity index (χ1v) is 10.5. The fourth-order valence-electron chi connectivity index (χ4n) is 4.02. The molecule has 0 aliphatic carbocycles. The van der Waals surface area contributed by atoms with Crippen molar-refractivity contribution in [1.82, 2.24) is 10.6 Å². The molecule has 0 bridgehead atoms. The SMILES string of the molecule is CCCCCCCCOC(=O)NC1CC(C)(CC)NC(C)(CC)C1C. The molecule has 1 aliphatic heterocycles. The number of carbonyl (C=O) groups is 1. The Hall–Kier alpha value is -0.770. The first kappa shape index (κ1) is 22.3. The van der Waals surface area contributed by atoms with E-state index in [2.05, 4.69) is 52.2 Å². The molecule has 1 amide bonds. The van der Waals surface area contributed by atoms with Gasteiger partial charge < -0.3 is 15.4 Å². The molecule has 0 radical (unpaired) electrons. The highest BCUT2D eigenvalue weighted by Gasteiger charge is 2.46. The van der Waals surface area contributed by atoms with Gasteiger partial charge in [-0.2, -0.15) is 0 Å². The fraction of sp³-hybridized carbons (Fsp3) is 0.952. The molecule has 1 heterocycles. The fourth-order valence-corrected chi connectivity index (χ4v) is 4.02. The highest BCUT2D eigenvalue weighted by atomic mass is 16.5. The minimum Gasteiger partial charge on any atom is -0.450 e. The molecule has 4 nitrogen and oxygen atoms in total. The molecule has 4 atom stereocenters. The second kappa shape index (κ2) is 10.4. The van der Waals surface area contributed by atoms with Gasteiger partial charge in [-0.15, -0.1) is 0 Å². The number of unbranched alkanes of at least 4 members (excludes halogenated alkanes) is 5. The quantitative estimate of drug-likeness (QED) is 0.516. The number of nitrogens with one attached hydrogen (secondary N) is 2. The Morgan fingerprint density at radius 2 is 1.72 bits per heavy atom. The zero-order valence-corrected chi connectivity index (χ0v) is 17.5. The number of alkyl carbamates (subject to hydrolysis) is 1. The molecule has 1 aliphatic rings. The van der Waals surface area contributed by atoms with E-state index in [0.717, 1.165) is 32.1 Å². The zero-order chi connectivity index (χ0) is 18.9. The third-order valence-corrected chi connectivity index (χ3v) is 6.42. The minimum atomic E-state index is -0.246. The van der Waals surface area contributed by atoms with E-state index in [0.29, 0.717) is 12.5 Å². The van der Waals surface area contributed by atoms with Gasteiger partial charge in [0, 0.05) is 17.1 Å². The van der Waals surface area contributed by atoms with Crippen molar-refractivity contribution in [2.24, 2.45) is 5.92 Å². The summed E-state index contributed by atoms with van der Waals surface area (Å²) in [5.74, 6) is 0.374. The first-order valence-electron chi connectivity index (χ1n) is 10.5. The summed E-state index contributed by atoms with van der Waals surface area (Å²) in [7, 11) is 0. The summed E-state index contributed by atoms with van der Waals surface area (Å²) < 4.78 is 5.43. The highest BCUT2D eigenvalue weighted by molar-refractivity contribution is 5.67. The van der Waals surface area contributed by atoms with E-state index in [9.17, 15) is 4.79 Å². The molecule has 4 heteroatoms. The maximum absolute atomic E-state index is 12.2. The van der Waals surface area contributed by atoms with Crippen LogP contribution >= 0.6 is 0 Å². The van der Waals surface area contributed by atoms with Crippen LogP contribution in [-0.2, 0) is 4.74 Å². The zero-order valence-electron chi connectivity index (χ0n) is 17.5. The summed E-state index contributed by atoms with van der Waals surface area (Å²) in [5.41, 5.74) is 0.106. The maximum atomic E-state index is 12.2. The van der Waals surface area contributed by atoms with Crippen molar-refractivity contribution < 1.29 is 9.53 Å². The van der Waals surface area contributed by atoms with Gasteiger partial charge in [0.05, 0.1) is 6.61 Å². The van der Waals surface area contributed by atoms with Crippen LogP contribution in [0.4, 0.5) is 4.79 Å². The Kier molecular flexibility index (Phi) is 9.26. The van der Waals surface area contributed by atoms with Gasteiger partial charge in [-0.1, -0.05) is 59.8 Å². The van der Waals surface area contributed by atoms with E-state index >= 15 is 0 Å². The van der Waals surface area contributed by atoms with Crippen LogP contribution in [0.3, 0.4) is 0 Å². The summed E-state index contributed by atoms with van der Waals surface area (Å²) in [6.07, 6.45) is 10.0. The number of amides is 1. The Morgan fingerprint density at radius 1 is 1.08 bits per heavy atom. The topological polar surface area (TPSA) is 50.4 Å². The van der Waals surface area contributed by atoms with Gasteiger partial charge in [0.2, 0.25) is 0 Å². The predicted octanol–water partition coefficient (Wildman–Crippen LogP) is 5.41. The van der Waals surface area contributed by atoms with Gasteiger partial charge in [0.15, 0.2) is 0 Å². The molecule has 0 aromatic rings. The molecular weight excluding hydrogens is 312 g/mol. The molecule has 0 spiro atoms. The van der Waals surface area contributed by atoms with Gasteiger partial charge >= 0.3 is 6.09 Å². The van der Waals surface area contributed by atoms with Crippen molar-refractivity contribution in [2.75, 3.05) is 6.61 Å². The largest absolute Gasteiger partial charge is 0.450 e. The van der Waals surface area contributed by atoms with Crippen LogP contribution in [0.1, 0.15) is 99.3 Å². The van der Waals surface area contributed by atoms with Crippen LogP contribution in [0.5, 0.6) is 0 Å². The monoisotopic (exact) mass is 354 g/mol. The molecule has 0 aromatic heterocycles. The van der Waals surface area contributed by atoms with Crippen LogP contribution in [-0.4, -0.2) is 29.8 Å². The first-order chi connectivity index (χ1) is 11.8. The van der Waals surface area contributed by atoms with Crippen molar-refractivity contribution in [3.63, 3.8) is 0 Å². The standard InChI is InChI=1S/C21H42N2O2/c1-7-10-11-12-13-14-15-25-19(24)22-18-16-20(5,8-2)23-21(6,9-3)17(18)4/h17-18,23H,7-16H2,1-6H3,(H,22,24). The summed E-state index contributed by atoms with van der Waals surface area (Å²) in [5, 5.41) is 7.00. The lowest BCUT2D eigenvalue weighted by atomic mass is 9.69. The predicted molar refractivity (Wildman–Crippen MR) is 106 cm³/mol. The van der Waals surface area contributed by atoms with Crippen LogP contribution in [0.15, 0.2) is 0 Å². The second-order valence-corrected chi connectivity index (χ2v) is 8.46. The molecule has 148 valence electrons. The van der Waals surface area contributed by atoms with Crippen LogP contribution < -0.4 is 10.6 Å². The lowest BCUT2D eigenvalue weighted by Gasteiger charge is -2.53. The molecule has 0 saturated carbocycles. The highest BCUT2D eigenvalue weighted by Crippen LogP contribution is 2.37. The third kappa shape index (κ3) is 6.80. The van der Waals surface area contributed by atoms with Gasteiger partial charge in [0.25, 0.3) is 0 Å². The van der Waals surface area contributed by atoms with Gasteiger partial charge in [-0.05, 0) is 45.4 Å². The van der Waals surface area contributed by atoms with E-state index in [-0.39, 0.29) is 23.2 Å². The maximum Gasteiger partial charge on any atom is 0.407 e. The van der Waals surface area contributed by atoms with E-state index < -0.39 is 0 Å². The third-order valence-electron chi connectivity index (χ3n) is 6.42. The average Bonchev–Trinajstić information content (AvgIpc) is 2.58. The lowest BCUT2D eigenvalue weighted by Crippen LogP contribution is -2.68. The molecule has 0 aromatic carbocycles. The molecular formula is C21H42N2O2. The normalized spacial score (nSPS) is 32.4. The molecule has 1 rings (SSSR count). The molecule has 25 heavy (non-hydrogen) atoms.